The van der Waals surface area contributed by atoms with Gasteiger partial charge in [-0.1, -0.05) is 0 Å². The van der Waals surface area contributed by atoms with Crippen molar-refractivity contribution in [1.29, 1.82) is 0 Å². The van der Waals surface area contributed by atoms with Crippen LogP contribution in [0, 0.1) is 0 Å². The molecule has 1 amide bonds. The van der Waals surface area contributed by atoms with E-state index in [1.54, 1.807) is 12.4 Å². The van der Waals surface area contributed by atoms with Gasteiger partial charge < -0.3 is 14.7 Å². The van der Waals surface area contributed by atoms with Gasteiger partial charge >= 0.3 is 16.2 Å². The number of nitrogens with zero attached hydrogens (tertiary/aromatic N) is 5. The number of methoxy groups -OCH3 is 1. The fourth-order valence-electron chi connectivity index (χ4n) is 2.24. The van der Waals surface area contributed by atoms with Crippen LogP contribution in [0.4, 0.5) is 4.79 Å². The van der Waals surface area contributed by atoms with Crippen molar-refractivity contribution in [3.8, 4) is 17.1 Å². The summed E-state index contributed by atoms with van der Waals surface area (Å²) in [5.74, 6) is 0.210. The number of hydrogen-bond donors (Lipinski definition) is 1. The Kier molecular flexibility index (Phi) is 4.98. The van der Waals surface area contributed by atoms with E-state index in [4.69, 9.17) is 10.5 Å². The third-order valence-corrected chi connectivity index (χ3v) is 4.67. The van der Waals surface area contributed by atoms with Crippen molar-refractivity contribution < 1.29 is 22.1 Å². The molecule has 0 saturated carbocycles. The highest BCUT2D eigenvalue weighted by atomic mass is 32.2. The third-order valence-electron chi connectivity index (χ3n) is 3.41. The summed E-state index contributed by atoms with van der Waals surface area (Å²) in [6.07, 6.45) is 1.87. The van der Waals surface area contributed by atoms with E-state index in [2.05, 4.69) is 24.6 Å². The molecule has 2 aromatic heterocycles. The summed E-state index contributed by atoms with van der Waals surface area (Å²) in [5.41, 5.74) is 6.18. The number of ether oxygens (including phenoxy) is 1. The summed E-state index contributed by atoms with van der Waals surface area (Å²) in [6.45, 7) is 0.394. The quantitative estimate of drug-likeness (QED) is 0.595. The first kappa shape index (κ1) is 18.3. The Bertz CT molecular complexity index is 1070. The first-order valence-electron chi connectivity index (χ1n) is 7.48. The number of amides is 1. The van der Waals surface area contributed by atoms with Gasteiger partial charge in [-0.05, 0) is 41.1 Å². The summed E-state index contributed by atoms with van der Waals surface area (Å²) in [6, 6.07) is 7.68. The molecule has 0 saturated heterocycles. The summed E-state index contributed by atoms with van der Waals surface area (Å²) < 4.78 is 33.3. The van der Waals surface area contributed by atoms with Crippen LogP contribution in [0.5, 0.6) is 5.75 Å². The maximum Gasteiger partial charge on any atom is 0.420 e. The molecule has 3 aromatic rings. The lowest BCUT2D eigenvalue weighted by Gasteiger charge is -2.09. The second kappa shape index (κ2) is 7.37. The zero-order valence-electron chi connectivity index (χ0n) is 14.0. The van der Waals surface area contributed by atoms with Gasteiger partial charge in [0, 0.05) is 18.0 Å². The lowest BCUT2D eigenvalue weighted by Crippen LogP contribution is -2.19. The van der Waals surface area contributed by atoms with Gasteiger partial charge in [0.1, 0.15) is 10.6 Å². The predicted octanol–water partition coefficient (Wildman–Crippen LogP) is 0.576. The van der Waals surface area contributed by atoms with Gasteiger partial charge in [-0.2, -0.15) is 13.2 Å². The van der Waals surface area contributed by atoms with Gasteiger partial charge in [-0.25, -0.2) is 4.79 Å². The molecule has 0 atom stereocenters. The van der Waals surface area contributed by atoms with Crippen LogP contribution in [0.3, 0.4) is 0 Å². The van der Waals surface area contributed by atoms with Crippen molar-refractivity contribution in [2.75, 3.05) is 7.11 Å². The highest BCUT2D eigenvalue weighted by Crippen LogP contribution is 2.29. The number of carbonyl (C=O) groups excluding carboxylic acids is 1. The van der Waals surface area contributed by atoms with E-state index < -0.39 is 16.2 Å². The summed E-state index contributed by atoms with van der Waals surface area (Å²) in [7, 11) is -3.13. The van der Waals surface area contributed by atoms with Crippen LogP contribution >= 0.6 is 0 Å². The summed E-state index contributed by atoms with van der Waals surface area (Å²) >= 11 is 0. The first-order valence-corrected chi connectivity index (χ1v) is 8.89. The average Bonchev–Trinajstić information content (AvgIpc) is 3.09. The molecule has 0 aliphatic rings. The fourth-order valence-corrected chi connectivity index (χ4v) is 3.17. The Labute approximate surface area is 153 Å². The number of carbonyl (C=O) groups is 1. The maximum atomic E-state index is 12.0. The minimum absolute atomic E-state index is 0.0563. The zero-order chi connectivity index (χ0) is 19.4. The first-order chi connectivity index (χ1) is 12.9. The fraction of sp³-hybridized carbons (Fsp3) is 0.133. The minimum atomic E-state index is -4.40. The molecule has 0 spiro atoms. The Hall–Kier alpha value is -3.54. The minimum Gasteiger partial charge on any atom is -0.495 e. The van der Waals surface area contributed by atoms with Crippen LogP contribution in [0.25, 0.3) is 11.4 Å². The number of hydrogen-bond acceptors (Lipinski definition) is 9. The van der Waals surface area contributed by atoms with Crippen molar-refractivity contribution in [1.82, 2.24) is 25.2 Å². The van der Waals surface area contributed by atoms with Gasteiger partial charge in [0.05, 0.1) is 13.7 Å². The van der Waals surface area contributed by atoms with Crippen molar-refractivity contribution in [3.63, 3.8) is 0 Å². The van der Waals surface area contributed by atoms with Crippen molar-refractivity contribution in [2.24, 2.45) is 5.73 Å². The molecule has 0 radical (unpaired) electrons. The molecule has 1 aromatic carbocycles. The van der Waals surface area contributed by atoms with E-state index >= 15 is 0 Å². The third kappa shape index (κ3) is 4.17. The molecular formula is C15H14N6O5S. The Morgan fingerprint density at radius 1 is 1.22 bits per heavy atom. The molecule has 27 heavy (non-hydrogen) atoms. The number of benzene rings is 1. The predicted molar refractivity (Wildman–Crippen MR) is 91.0 cm³/mol. The van der Waals surface area contributed by atoms with Gasteiger partial charge in [0.2, 0.25) is 5.82 Å². The second-order valence-electron chi connectivity index (χ2n) is 5.22. The van der Waals surface area contributed by atoms with Gasteiger partial charge in [-0.15, -0.1) is 10.2 Å². The van der Waals surface area contributed by atoms with Crippen LogP contribution < -0.4 is 10.5 Å². The van der Waals surface area contributed by atoms with Gasteiger partial charge in [0.15, 0.2) is 0 Å². The average molecular weight is 390 g/mol. The zero-order valence-corrected chi connectivity index (χ0v) is 14.8. The van der Waals surface area contributed by atoms with E-state index in [1.165, 1.54) is 30.1 Å². The topological polar surface area (TPSA) is 152 Å². The number of nitrogens with two attached hydrogens (primary N) is 1. The van der Waals surface area contributed by atoms with E-state index in [0.29, 0.717) is 12.1 Å². The monoisotopic (exact) mass is 390 g/mol. The smallest absolute Gasteiger partial charge is 0.420 e. The highest BCUT2D eigenvalue weighted by Gasteiger charge is 2.24. The second-order valence-corrected chi connectivity index (χ2v) is 6.74. The van der Waals surface area contributed by atoms with E-state index in [-0.39, 0.29) is 16.5 Å². The molecule has 3 rings (SSSR count). The number of aromatic nitrogens is 5. The largest absolute Gasteiger partial charge is 0.495 e. The Morgan fingerprint density at radius 3 is 2.63 bits per heavy atom. The van der Waals surface area contributed by atoms with E-state index in [0.717, 1.165) is 5.56 Å². The van der Waals surface area contributed by atoms with Gasteiger partial charge in [0.25, 0.3) is 0 Å². The normalized spacial score (nSPS) is 11.1. The van der Waals surface area contributed by atoms with Crippen LogP contribution in [0.1, 0.15) is 5.56 Å². The molecule has 0 aliphatic heterocycles. The molecule has 2 heterocycles. The van der Waals surface area contributed by atoms with Crippen molar-refractivity contribution in [3.05, 3.63) is 48.3 Å². The van der Waals surface area contributed by atoms with Gasteiger partial charge in [-0.3, -0.25) is 4.98 Å². The molecule has 11 nitrogen and oxygen atoms in total. The van der Waals surface area contributed by atoms with Crippen LogP contribution in [-0.4, -0.2) is 46.8 Å². The standard InChI is InChI=1S/C15H14N6O5S/c1-25-12-8-11(2-3-13(12)27(23,24)26-15(16)22)14-18-20-21(19-14)9-10-4-6-17-7-5-10/h2-8H,9H2,1H3,(H2,16,22). The molecule has 0 aliphatic carbocycles. The summed E-state index contributed by atoms with van der Waals surface area (Å²) in [5, 5.41) is 12.2. The molecule has 0 fully saturated rings. The lowest BCUT2D eigenvalue weighted by molar-refractivity contribution is 0.212. The van der Waals surface area contributed by atoms with Crippen LogP contribution in [0.15, 0.2) is 47.6 Å². The molecular weight excluding hydrogens is 376 g/mol. The number of pyridine rings is 1. The van der Waals surface area contributed by atoms with E-state index in [1.807, 2.05) is 12.1 Å². The number of rotatable bonds is 6. The molecule has 140 valence electrons. The van der Waals surface area contributed by atoms with Crippen molar-refractivity contribution >= 4 is 16.2 Å². The van der Waals surface area contributed by atoms with E-state index in [9.17, 15) is 13.2 Å². The van der Waals surface area contributed by atoms with Crippen LogP contribution in [-0.2, 0) is 20.8 Å². The summed E-state index contributed by atoms with van der Waals surface area (Å²) in [4.78, 5) is 15.7. The molecule has 0 bridgehead atoms. The molecule has 12 heteroatoms. The highest BCUT2D eigenvalue weighted by molar-refractivity contribution is 7.87. The SMILES string of the molecule is COc1cc(-c2nnn(Cc3ccncc3)n2)ccc1S(=O)(=O)OC(N)=O. The Morgan fingerprint density at radius 2 is 1.96 bits per heavy atom. The number of tetrazole rings is 1. The molecule has 0 unspecified atom stereocenters. The number of primary amides is 1. The van der Waals surface area contributed by atoms with Crippen LogP contribution in [0.2, 0.25) is 0 Å². The lowest BCUT2D eigenvalue weighted by atomic mass is 10.2. The van der Waals surface area contributed by atoms with Crippen molar-refractivity contribution in [2.45, 2.75) is 11.4 Å². The maximum absolute atomic E-state index is 12.0. The molecule has 2 N–H and O–H groups in total. The Balaban J connectivity index is 1.89.